The summed E-state index contributed by atoms with van der Waals surface area (Å²) in [5.41, 5.74) is 0.911. The Morgan fingerprint density at radius 1 is 1.21 bits per heavy atom. The van der Waals surface area contributed by atoms with Gasteiger partial charge in [0.2, 0.25) is 15.9 Å². The number of hydrogen-bond donors (Lipinski definition) is 1. The fraction of sp³-hybridized carbons (Fsp3) is 0.217. The minimum atomic E-state index is -3.88. The minimum Gasteiger partial charge on any atom is -0.497 e. The zero-order chi connectivity index (χ0) is 23.2. The van der Waals surface area contributed by atoms with Crippen LogP contribution >= 0.6 is 22.9 Å². The lowest BCUT2D eigenvalue weighted by Gasteiger charge is -2.17. The van der Waals surface area contributed by atoms with E-state index in [0.29, 0.717) is 30.4 Å². The summed E-state index contributed by atoms with van der Waals surface area (Å²) in [6, 6.07) is 11.4. The molecule has 5 rings (SSSR count). The fourth-order valence-corrected chi connectivity index (χ4v) is 6.62. The van der Waals surface area contributed by atoms with Crippen LogP contribution in [0.2, 0.25) is 5.15 Å². The lowest BCUT2D eigenvalue weighted by Crippen LogP contribution is -2.41. The second-order valence-corrected chi connectivity index (χ2v) is 10.8. The molecule has 0 aliphatic carbocycles. The van der Waals surface area contributed by atoms with Crippen LogP contribution in [0.1, 0.15) is 12.0 Å². The number of rotatable bonds is 6. The highest BCUT2D eigenvalue weighted by atomic mass is 35.5. The lowest BCUT2D eigenvalue weighted by molar-refractivity contribution is -0.129. The van der Waals surface area contributed by atoms with E-state index < -0.39 is 16.1 Å². The van der Waals surface area contributed by atoms with E-state index in [4.69, 9.17) is 16.3 Å². The summed E-state index contributed by atoms with van der Waals surface area (Å²) in [6.07, 6.45) is 2.05. The molecule has 1 atom stereocenters. The van der Waals surface area contributed by atoms with E-state index in [9.17, 15) is 13.2 Å². The van der Waals surface area contributed by atoms with Crippen LogP contribution in [-0.2, 0) is 21.4 Å². The highest BCUT2D eigenvalue weighted by molar-refractivity contribution is 7.89. The number of halogens is 1. The first-order chi connectivity index (χ1) is 15.9. The maximum Gasteiger partial charge on any atom is 0.241 e. The third-order valence-electron chi connectivity index (χ3n) is 5.80. The Balaban J connectivity index is 1.34. The number of carbonyl (C=O) groups excluding carboxylic acids is 1. The first-order valence-electron chi connectivity index (χ1n) is 10.3. The van der Waals surface area contributed by atoms with Crippen LogP contribution < -0.4 is 9.46 Å². The maximum absolute atomic E-state index is 13.0. The molecule has 0 saturated carbocycles. The number of carbonyl (C=O) groups is 1. The molecule has 0 radical (unpaired) electrons. The van der Waals surface area contributed by atoms with E-state index >= 15 is 0 Å². The molecule has 1 N–H and O–H groups in total. The van der Waals surface area contributed by atoms with Gasteiger partial charge >= 0.3 is 0 Å². The summed E-state index contributed by atoms with van der Waals surface area (Å²) in [6.45, 7) is 0.814. The van der Waals surface area contributed by atoms with Gasteiger partial charge in [0.25, 0.3) is 0 Å². The van der Waals surface area contributed by atoms with Crippen LogP contribution in [0.4, 0.5) is 0 Å². The van der Waals surface area contributed by atoms with Crippen molar-refractivity contribution < 1.29 is 17.9 Å². The van der Waals surface area contributed by atoms with Crippen LogP contribution in [0.15, 0.2) is 58.9 Å². The maximum atomic E-state index is 13.0. The molecule has 0 bridgehead atoms. The van der Waals surface area contributed by atoms with Crippen molar-refractivity contribution in [2.45, 2.75) is 23.9 Å². The van der Waals surface area contributed by atoms with Crippen LogP contribution in [0, 0.1) is 0 Å². The van der Waals surface area contributed by atoms with Crippen LogP contribution in [-0.4, -0.2) is 43.9 Å². The zero-order valence-corrected chi connectivity index (χ0v) is 20.0. The predicted molar refractivity (Wildman–Crippen MR) is 129 cm³/mol. The smallest absolute Gasteiger partial charge is 0.241 e. The number of pyridine rings is 1. The van der Waals surface area contributed by atoms with Gasteiger partial charge in [-0.25, -0.2) is 13.4 Å². The van der Waals surface area contributed by atoms with Crippen molar-refractivity contribution >= 4 is 59.7 Å². The highest BCUT2D eigenvalue weighted by Crippen LogP contribution is 2.32. The monoisotopic (exact) mass is 501 g/mol. The van der Waals surface area contributed by atoms with Gasteiger partial charge in [-0.15, -0.1) is 11.3 Å². The van der Waals surface area contributed by atoms with E-state index in [1.54, 1.807) is 53.8 Å². The number of amides is 1. The number of nitrogens with one attached hydrogen (secondary N) is 1. The third kappa shape index (κ3) is 4.17. The van der Waals surface area contributed by atoms with E-state index in [1.807, 2.05) is 23.6 Å². The Bertz CT molecular complexity index is 1490. The second-order valence-electron chi connectivity index (χ2n) is 7.83. The van der Waals surface area contributed by atoms with Crippen LogP contribution in [0.5, 0.6) is 5.75 Å². The normalized spacial score (nSPS) is 16.7. The first kappa shape index (κ1) is 22.1. The molecule has 1 unspecified atom stereocenters. The number of nitrogens with zero attached hydrogens (tertiary/aromatic N) is 2. The van der Waals surface area contributed by atoms with E-state index in [0.717, 1.165) is 26.4 Å². The predicted octanol–water partition coefficient (Wildman–Crippen LogP) is 4.19. The van der Waals surface area contributed by atoms with Gasteiger partial charge in [-0.05, 0) is 58.5 Å². The largest absolute Gasteiger partial charge is 0.497 e. The van der Waals surface area contributed by atoms with E-state index in [1.165, 1.54) is 0 Å². The van der Waals surface area contributed by atoms with Gasteiger partial charge in [0.15, 0.2) is 0 Å². The topological polar surface area (TPSA) is 88.6 Å². The molecule has 10 heteroatoms. The van der Waals surface area contributed by atoms with Gasteiger partial charge in [-0.2, -0.15) is 4.72 Å². The first-order valence-corrected chi connectivity index (χ1v) is 13.0. The van der Waals surface area contributed by atoms with Crippen molar-refractivity contribution in [1.29, 1.82) is 0 Å². The molecule has 3 heterocycles. The average molecular weight is 502 g/mol. The second kappa shape index (κ2) is 8.57. The standard InChI is InChI=1S/C23H20ClN3O4S2/c1-31-17-4-2-14-3-5-18(11-15(14)10-17)33(29,30)26-19-7-9-27(23(19)28)12-16-13-32-20-6-8-25-22(24)21(16)20/h2-6,8,10-11,13,19,26H,7,9,12H2,1H3. The molecule has 1 aliphatic rings. The Kier molecular flexibility index (Phi) is 5.74. The van der Waals surface area contributed by atoms with Crippen LogP contribution in [0.25, 0.3) is 20.9 Å². The summed E-state index contributed by atoms with van der Waals surface area (Å²) < 4.78 is 34.9. The van der Waals surface area contributed by atoms with E-state index in [2.05, 4.69) is 9.71 Å². The lowest BCUT2D eigenvalue weighted by atomic mass is 10.1. The SMILES string of the molecule is COc1ccc2ccc(S(=O)(=O)NC3CCN(Cc4csc5ccnc(Cl)c45)C3=O)cc2c1. The fourth-order valence-electron chi connectivity index (χ4n) is 4.08. The number of likely N-dealkylation sites (tertiary alicyclic amines) is 1. The molecule has 4 aromatic rings. The van der Waals surface area contributed by atoms with E-state index in [-0.39, 0.29) is 10.8 Å². The van der Waals surface area contributed by atoms with Crippen molar-refractivity contribution in [2.75, 3.05) is 13.7 Å². The molecule has 1 fully saturated rings. The summed E-state index contributed by atoms with van der Waals surface area (Å²) >= 11 is 7.80. The Labute approximate surface area is 200 Å². The highest BCUT2D eigenvalue weighted by Gasteiger charge is 2.35. The molecule has 1 amide bonds. The average Bonchev–Trinajstić information content (AvgIpc) is 3.37. The molecule has 2 aromatic heterocycles. The summed E-state index contributed by atoms with van der Waals surface area (Å²) in [4.78, 5) is 18.9. The molecular weight excluding hydrogens is 482 g/mol. The molecule has 0 spiro atoms. The van der Waals surface area contributed by atoms with Crippen molar-refractivity contribution in [1.82, 2.24) is 14.6 Å². The van der Waals surface area contributed by atoms with Crippen LogP contribution in [0.3, 0.4) is 0 Å². The Morgan fingerprint density at radius 2 is 2.03 bits per heavy atom. The molecular formula is C23H20ClN3O4S2. The van der Waals surface area contributed by atoms with Crippen molar-refractivity contribution in [3.05, 3.63) is 64.8 Å². The van der Waals surface area contributed by atoms with Crippen molar-refractivity contribution in [2.24, 2.45) is 0 Å². The Hall–Kier alpha value is -2.72. The zero-order valence-electron chi connectivity index (χ0n) is 17.6. The number of ether oxygens (including phenoxy) is 1. The van der Waals surface area contributed by atoms with Crippen molar-refractivity contribution in [3.63, 3.8) is 0 Å². The molecule has 7 nitrogen and oxygen atoms in total. The number of sulfonamides is 1. The number of methoxy groups -OCH3 is 1. The molecule has 2 aromatic carbocycles. The van der Waals surface area contributed by atoms with Crippen molar-refractivity contribution in [3.8, 4) is 5.75 Å². The third-order valence-corrected chi connectivity index (χ3v) is 8.55. The molecule has 170 valence electrons. The van der Waals surface area contributed by atoms with Gasteiger partial charge in [-0.3, -0.25) is 4.79 Å². The summed E-state index contributed by atoms with van der Waals surface area (Å²) in [5.74, 6) is 0.392. The number of benzene rings is 2. The quantitative estimate of drug-likeness (QED) is 0.400. The number of thiophene rings is 1. The number of fused-ring (bicyclic) bond motifs is 2. The van der Waals surface area contributed by atoms with Gasteiger partial charge in [-0.1, -0.05) is 23.7 Å². The summed E-state index contributed by atoms with van der Waals surface area (Å²) in [5, 5.41) is 4.85. The summed E-state index contributed by atoms with van der Waals surface area (Å²) in [7, 11) is -2.32. The number of hydrogen-bond acceptors (Lipinski definition) is 6. The minimum absolute atomic E-state index is 0.108. The van der Waals surface area contributed by atoms with Gasteiger partial charge in [0.1, 0.15) is 16.9 Å². The molecule has 1 aliphatic heterocycles. The molecule has 33 heavy (non-hydrogen) atoms. The number of aromatic nitrogens is 1. The Morgan fingerprint density at radius 3 is 2.85 bits per heavy atom. The molecule has 1 saturated heterocycles. The van der Waals surface area contributed by atoms with Gasteiger partial charge in [0.05, 0.1) is 12.0 Å². The van der Waals surface area contributed by atoms with Gasteiger partial charge < -0.3 is 9.64 Å². The van der Waals surface area contributed by atoms with Gasteiger partial charge in [0, 0.05) is 29.4 Å².